The zero-order chi connectivity index (χ0) is 25.0. The first-order valence-electron chi connectivity index (χ1n) is 12.1. The maximum atomic E-state index is 13.3. The molecule has 0 bridgehead atoms. The van der Waals surface area contributed by atoms with Crippen LogP contribution in [-0.4, -0.2) is 61.6 Å². The molecule has 0 aliphatic carbocycles. The second kappa shape index (κ2) is 8.49. The maximum absolute atomic E-state index is 13.3. The summed E-state index contributed by atoms with van der Waals surface area (Å²) in [4.78, 5) is 20.0. The molecule has 1 atom stereocenters. The number of aromatic nitrogens is 3. The van der Waals surface area contributed by atoms with Crippen LogP contribution in [0.2, 0.25) is 0 Å². The van der Waals surface area contributed by atoms with Gasteiger partial charge < -0.3 is 25.2 Å². The Morgan fingerprint density at radius 3 is 2.71 bits per heavy atom. The Hall–Kier alpha value is -3.17. The Labute approximate surface area is 204 Å². The number of carbonyl (C=O) groups excluding carboxylic acids is 1. The highest BCUT2D eigenvalue weighted by Crippen LogP contribution is 2.43. The molecule has 2 aromatic heterocycles. The lowest BCUT2D eigenvalue weighted by atomic mass is 9.83. The molecule has 1 saturated heterocycles. The molecule has 0 spiro atoms. The number of fused-ring (bicyclic) bond motifs is 2. The molecular weight excluding hydrogens is 446 g/mol. The van der Waals surface area contributed by atoms with Gasteiger partial charge in [-0.05, 0) is 58.1 Å². The molecule has 5 rings (SSSR count). The van der Waals surface area contributed by atoms with Crippen molar-refractivity contribution in [3.05, 3.63) is 47.4 Å². The molecule has 4 heterocycles. The monoisotopic (exact) mass is 479 g/mol. The van der Waals surface area contributed by atoms with Gasteiger partial charge in [-0.2, -0.15) is 5.10 Å². The van der Waals surface area contributed by atoms with Crippen molar-refractivity contribution in [3.8, 4) is 5.75 Å². The van der Waals surface area contributed by atoms with E-state index >= 15 is 0 Å². The van der Waals surface area contributed by atoms with Crippen molar-refractivity contribution in [1.29, 1.82) is 0 Å². The maximum Gasteiger partial charge on any atom is 0.261 e. The molecule has 9 nitrogen and oxygen atoms in total. The second-order valence-corrected chi connectivity index (χ2v) is 10.7. The first-order chi connectivity index (χ1) is 16.6. The molecule has 1 aromatic carbocycles. The van der Waals surface area contributed by atoms with Crippen molar-refractivity contribution in [2.24, 2.45) is 5.92 Å². The zero-order valence-corrected chi connectivity index (χ0v) is 20.7. The quantitative estimate of drug-likeness (QED) is 0.516. The average molecular weight is 480 g/mol. The number of nitrogens with one attached hydrogen (secondary N) is 1. The lowest BCUT2D eigenvalue weighted by molar-refractivity contribution is 0.00651. The molecule has 1 amide bonds. The second-order valence-electron chi connectivity index (χ2n) is 10.7. The summed E-state index contributed by atoms with van der Waals surface area (Å²) in [6.45, 7) is 8.95. The van der Waals surface area contributed by atoms with E-state index in [0.717, 1.165) is 48.5 Å². The molecule has 2 aliphatic rings. The van der Waals surface area contributed by atoms with Crippen LogP contribution in [0.3, 0.4) is 0 Å². The van der Waals surface area contributed by atoms with Gasteiger partial charge in [-0.25, -0.2) is 9.50 Å². The van der Waals surface area contributed by atoms with Gasteiger partial charge >= 0.3 is 0 Å². The van der Waals surface area contributed by atoms with Gasteiger partial charge in [0.1, 0.15) is 16.9 Å². The van der Waals surface area contributed by atoms with Crippen LogP contribution in [0, 0.1) is 12.8 Å². The molecule has 0 saturated carbocycles. The predicted octanol–water partition coefficient (Wildman–Crippen LogP) is 2.96. The van der Waals surface area contributed by atoms with Gasteiger partial charge in [0.05, 0.1) is 29.8 Å². The molecule has 3 aromatic rings. The standard InChI is InChI=1S/C26H33N5O4/c1-16-12-27-23-19(13-28-31(23)14-16)24(33)29-20-9-17-11-26(4,15-32)35-22(17)10-21(20)30-7-5-18(6-8-30)25(2,3)34/h9-10,12-14,18,32,34H,5-8,11,15H2,1-4H3,(H,29,33)/t26-/m0/s1. The SMILES string of the molecule is Cc1cnc2c(C(=O)Nc3cc4c(cc3N3CCC(C(C)(C)O)CC3)O[C@](C)(CO)C4)cnn2c1. The fraction of sp³-hybridized carbons (Fsp3) is 0.500. The Balaban J connectivity index is 1.47. The van der Waals surface area contributed by atoms with Crippen molar-refractivity contribution < 1.29 is 19.7 Å². The molecule has 9 heteroatoms. The summed E-state index contributed by atoms with van der Waals surface area (Å²) in [6, 6.07) is 3.92. The van der Waals surface area contributed by atoms with E-state index < -0.39 is 11.2 Å². The minimum atomic E-state index is -0.720. The van der Waals surface area contributed by atoms with Crippen LogP contribution in [0.5, 0.6) is 5.75 Å². The third-order valence-corrected chi connectivity index (χ3v) is 7.25. The summed E-state index contributed by atoms with van der Waals surface area (Å²) in [7, 11) is 0. The fourth-order valence-electron chi connectivity index (χ4n) is 5.15. The minimum absolute atomic E-state index is 0.0941. The van der Waals surface area contributed by atoms with E-state index in [1.807, 2.05) is 46.0 Å². The number of piperidine rings is 1. The highest BCUT2D eigenvalue weighted by molar-refractivity contribution is 6.09. The van der Waals surface area contributed by atoms with Gasteiger partial charge in [0.2, 0.25) is 0 Å². The molecule has 2 aliphatic heterocycles. The number of carbonyl (C=O) groups is 1. The van der Waals surface area contributed by atoms with Crippen molar-refractivity contribution in [2.75, 3.05) is 29.9 Å². The first kappa shape index (κ1) is 23.6. The van der Waals surface area contributed by atoms with Crippen LogP contribution in [0.4, 0.5) is 11.4 Å². The van der Waals surface area contributed by atoms with Crippen LogP contribution >= 0.6 is 0 Å². The number of hydrogen-bond acceptors (Lipinski definition) is 7. The molecule has 3 N–H and O–H groups in total. The van der Waals surface area contributed by atoms with Crippen molar-refractivity contribution >= 4 is 22.9 Å². The van der Waals surface area contributed by atoms with Crippen LogP contribution < -0.4 is 15.0 Å². The van der Waals surface area contributed by atoms with E-state index in [1.165, 1.54) is 6.20 Å². The Morgan fingerprint density at radius 2 is 2.03 bits per heavy atom. The molecule has 0 unspecified atom stereocenters. The summed E-state index contributed by atoms with van der Waals surface area (Å²) in [6.07, 6.45) is 7.33. The summed E-state index contributed by atoms with van der Waals surface area (Å²) >= 11 is 0. The number of nitrogens with zero attached hydrogens (tertiary/aromatic N) is 4. The third kappa shape index (κ3) is 4.46. The van der Waals surface area contributed by atoms with Gasteiger partial charge in [-0.3, -0.25) is 4.79 Å². The number of rotatable bonds is 5. The first-order valence-corrected chi connectivity index (χ1v) is 12.1. The number of aliphatic hydroxyl groups excluding tert-OH is 1. The van der Waals surface area contributed by atoms with E-state index in [1.54, 1.807) is 10.7 Å². The summed E-state index contributed by atoms with van der Waals surface area (Å²) in [5.74, 6) is 0.661. The van der Waals surface area contributed by atoms with Crippen LogP contribution in [0.1, 0.15) is 55.1 Å². The van der Waals surface area contributed by atoms with Gasteiger partial charge in [-0.15, -0.1) is 0 Å². The number of anilines is 2. The molecule has 1 fully saturated rings. The smallest absolute Gasteiger partial charge is 0.261 e. The number of benzene rings is 1. The summed E-state index contributed by atoms with van der Waals surface area (Å²) < 4.78 is 7.71. The lowest BCUT2D eigenvalue weighted by Crippen LogP contribution is -2.42. The highest BCUT2D eigenvalue weighted by Gasteiger charge is 2.37. The van der Waals surface area contributed by atoms with E-state index in [-0.39, 0.29) is 18.4 Å². The summed E-state index contributed by atoms with van der Waals surface area (Å²) in [5, 5.41) is 27.7. The van der Waals surface area contributed by atoms with Gasteiger partial charge in [0.25, 0.3) is 5.91 Å². The van der Waals surface area contributed by atoms with Crippen molar-refractivity contribution in [1.82, 2.24) is 14.6 Å². The predicted molar refractivity (Wildman–Crippen MR) is 133 cm³/mol. The molecule has 35 heavy (non-hydrogen) atoms. The largest absolute Gasteiger partial charge is 0.484 e. The van der Waals surface area contributed by atoms with Crippen molar-refractivity contribution in [3.63, 3.8) is 0 Å². The Morgan fingerprint density at radius 1 is 1.29 bits per heavy atom. The van der Waals surface area contributed by atoms with E-state index in [9.17, 15) is 15.0 Å². The fourth-order valence-corrected chi connectivity index (χ4v) is 5.15. The van der Waals surface area contributed by atoms with Crippen LogP contribution in [0.25, 0.3) is 5.65 Å². The normalized spacial score (nSPS) is 20.7. The summed E-state index contributed by atoms with van der Waals surface area (Å²) in [5.41, 5.74) is 2.95. The third-order valence-electron chi connectivity index (χ3n) is 7.25. The van der Waals surface area contributed by atoms with Crippen LogP contribution in [0.15, 0.2) is 30.7 Å². The van der Waals surface area contributed by atoms with Gasteiger partial charge in [-0.1, -0.05) is 0 Å². The zero-order valence-electron chi connectivity index (χ0n) is 20.7. The average Bonchev–Trinajstić information content (AvgIpc) is 3.38. The Kier molecular flexibility index (Phi) is 5.72. The van der Waals surface area contributed by atoms with Gasteiger partial charge in [0.15, 0.2) is 5.65 Å². The number of aliphatic hydroxyl groups is 2. The molecular formula is C26H33N5O4. The number of ether oxygens (including phenoxy) is 1. The highest BCUT2D eigenvalue weighted by atomic mass is 16.5. The van der Waals surface area contributed by atoms with E-state index in [2.05, 4.69) is 20.3 Å². The van der Waals surface area contributed by atoms with E-state index in [0.29, 0.717) is 23.3 Å². The Bertz CT molecular complexity index is 1270. The minimum Gasteiger partial charge on any atom is -0.484 e. The van der Waals surface area contributed by atoms with Gasteiger partial charge in [0, 0.05) is 43.5 Å². The number of amides is 1. The molecule has 0 radical (unpaired) electrons. The number of aryl methyl sites for hydroxylation is 1. The lowest BCUT2D eigenvalue weighted by Gasteiger charge is -2.39. The van der Waals surface area contributed by atoms with Crippen molar-refractivity contribution in [2.45, 2.75) is 58.2 Å². The number of hydrogen-bond donors (Lipinski definition) is 3. The molecule has 186 valence electrons. The topological polar surface area (TPSA) is 112 Å². The van der Waals surface area contributed by atoms with E-state index in [4.69, 9.17) is 4.74 Å². The van der Waals surface area contributed by atoms with Crippen LogP contribution in [-0.2, 0) is 6.42 Å².